The summed E-state index contributed by atoms with van der Waals surface area (Å²) in [6, 6.07) is 20.2. The van der Waals surface area contributed by atoms with Crippen LogP contribution in [-0.4, -0.2) is 73.6 Å². The average molecular weight is 645 g/mol. The van der Waals surface area contributed by atoms with Crippen LogP contribution in [0.25, 0.3) is 0 Å². The fraction of sp³-hybridized carbons (Fsp3) is 0.514. The van der Waals surface area contributed by atoms with Crippen molar-refractivity contribution in [2.45, 2.75) is 54.2 Å². The topological polar surface area (TPSA) is 132 Å². The number of amides is 1. The van der Waals surface area contributed by atoms with Crippen molar-refractivity contribution >= 4 is 21.6 Å². The van der Waals surface area contributed by atoms with Crippen LogP contribution in [0.15, 0.2) is 76.8 Å². The fourth-order valence-corrected chi connectivity index (χ4v) is 9.80. The minimum atomic E-state index is -3.60. The number of sulfone groups is 1. The maximum atomic E-state index is 13.0. The van der Waals surface area contributed by atoms with E-state index < -0.39 is 21.3 Å². The van der Waals surface area contributed by atoms with Gasteiger partial charge in [0.05, 0.1) is 22.6 Å². The quantitative estimate of drug-likeness (QED) is 0.318. The second-order valence-electron chi connectivity index (χ2n) is 13.9. The Balaban J connectivity index is 1.09. The number of likely N-dealkylation sites (tertiary alicyclic amines) is 1. The number of piperidine rings is 1. The Morgan fingerprint density at radius 3 is 2.37 bits per heavy atom. The Hall–Kier alpha value is -3.88. The molecule has 3 fully saturated rings. The molecule has 2 N–H and O–H groups in total. The van der Waals surface area contributed by atoms with E-state index in [0.717, 1.165) is 76.1 Å². The van der Waals surface area contributed by atoms with E-state index in [2.05, 4.69) is 45.3 Å². The molecule has 3 aliphatic rings. The van der Waals surface area contributed by atoms with Gasteiger partial charge in [0.15, 0.2) is 0 Å². The molecule has 0 radical (unpaired) electrons. The Morgan fingerprint density at radius 1 is 1.07 bits per heavy atom. The molecule has 2 aliphatic heterocycles. The van der Waals surface area contributed by atoms with Crippen LogP contribution in [0.2, 0.25) is 0 Å². The lowest BCUT2D eigenvalue weighted by molar-refractivity contribution is 0.0665. The molecule has 3 aromatic rings. The zero-order valence-electron chi connectivity index (χ0n) is 26.7. The third-order valence-corrected chi connectivity index (χ3v) is 12.4. The molecule has 46 heavy (non-hydrogen) atoms. The van der Waals surface area contributed by atoms with Crippen LogP contribution in [0.3, 0.4) is 0 Å². The first-order valence-corrected chi connectivity index (χ1v) is 17.8. The number of hydrogen-bond donors (Lipinski definition) is 2. The first kappa shape index (κ1) is 32.1. The Labute approximate surface area is 271 Å². The number of nitrogens with zero attached hydrogens (tertiary/aromatic N) is 5. The van der Waals surface area contributed by atoms with E-state index >= 15 is 0 Å². The fourth-order valence-electron chi connectivity index (χ4n) is 8.56. The van der Waals surface area contributed by atoms with Gasteiger partial charge in [-0.3, -0.25) is 4.68 Å². The summed E-state index contributed by atoms with van der Waals surface area (Å²) in [5, 5.41) is 26.8. The molecule has 1 aromatic heterocycles. The van der Waals surface area contributed by atoms with Gasteiger partial charge in [-0.25, -0.2) is 13.2 Å². The van der Waals surface area contributed by atoms with Gasteiger partial charge in [-0.2, -0.15) is 10.4 Å². The molecular weight excluding hydrogens is 600 g/mol. The molecule has 3 heterocycles. The van der Waals surface area contributed by atoms with Crippen molar-refractivity contribution in [3.8, 4) is 6.07 Å². The SMILES string of the molecule is Cn1cc(S(=O)(=O)c2ccc(N3CC(C)(CN4CCC(C(C#N)(c5ccccc5)[C@@H]5CCC[C@@H]5CNC(=O)O)CC4)C3)cc2)cn1. The highest BCUT2D eigenvalue weighted by Gasteiger charge is 2.52. The van der Waals surface area contributed by atoms with Gasteiger partial charge < -0.3 is 20.2 Å². The number of hydrogen-bond acceptors (Lipinski definition) is 7. The molecule has 1 unspecified atom stereocenters. The van der Waals surface area contributed by atoms with Gasteiger partial charge in [-0.1, -0.05) is 43.7 Å². The number of benzene rings is 2. The van der Waals surface area contributed by atoms with Crippen LogP contribution >= 0.6 is 0 Å². The molecule has 3 atom stereocenters. The van der Waals surface area contributed by atoms with E-state index in [-0.39, 0.29) is 33.0 Å². The van der Waals surface area contributed by atoms with Crippen molar-refractivity contribution in [2.24, 2.45) is 30.2 Å². The van der Waals surface area contributed by atoms with Gasteiger partial charge >= 0.3 is 6.09 Å². The van der Waals surface area contributed by atoms with Gasteiger partial charge in [0.25, 0.3) is 0 Å². The summed E-state index contributed by atoms with van der Waals surface area (Å²) in [6.45, 7) is 7.35. The number of carboxylic acid groups (broad SMARTS) is 1. The van der Waals surface area contributed by atoms with E-state index in [4.69, 9.17) is 0 Å². The maximum Gasteiger partial charge on any atom is 0.404 e. The molecule has 244 valence electrons. The van der Waals surface area contributed by atoms with Crippen LogP contribution in [0.5, 0.6) is 0 Å². The second-order valence-corrected chi connectivity index (χ2v) is 15.8. The average Bonchev–Trinajstić information content (AvgIpc) is 3.71. The summed E-state index contributed by atoms with van der Waals surface area (Å²) in [5.41, 5.74) is 1.58. The highest BCUT2D eigenvalue weighted by Crippen LogP contribution is 2.52. The lowest BCUT2D eigenvalue weighted by atomic mass is 9.58. The molecule has 2 aromatic carbocycles. The largest absolute Gasteiger partial charge is 0.465 e. The van der Waals surface area contributed by atoms with Gasteiger partial charge in [-0.15, -0.1) is 0 Å². The molecule has 11 heteroatoms. The summed E-state index contributed by atoms with van der Waals surface area (Å²) < 4.78 is 27.4. The first-order valence-electron chi connectivity index (χ1n) is 16.3. The van der Waals surface area contributed by atoms with Crippen molar-refractivity contribution in [1.29, 1.82) is 5.26 Å². The highest BCUT2D eigenvalue weighted by atomic mass is 32.2. The lowest BCUT2D eigenvalue weighted by Crippen LogP contribution is -2.60. The van der Waals surface area contributed by atoms with Gasteiger partial charge in [0.2, 0.25) is 9.84 Å². The number of nitrogens with one attached hydrogen (secondary N) is 1. The number of aryl methyl sites for hydroxylation is 1. The molecule has 10 nitrogen and oxygen atoms in total. The summed E-state index contributed by atoms with van der Waals surface area (Å²) in [6.07, 6.45) is 6.66. The Kier molecular flexibility index (Phi) is 8.87. The van der Waals surface area contributed by atoms with Crippen molar-refractivity contribution in [3.05, 3.63) is 72.6 Å². The number of carbonyl (C=O) groups is 1. The number of rotatable bonds is 10. The predicted molar refractivity (Wildman–Crippen MR) is 175 cm³/mol. The monoisotopic (exact) mass is 644 g/mol. The van der Waals surface area contributed by atoms with Crippen LogP contribution in [0.4, 0.5) is 10.5 Å². The second kappa shape index (κ2) is 12.7. The number of anilines is 1. The van der Waals surface area contributed by atoms with E-state index in [1.807, 2.05) is 30.3 Å². The van der Waals surface area contributed by atoms with Gasteiger partial charge in [0.1, 0.15) is 4.90 Å². The summed E-state index contributed by atoms with van der Waals surface area (Å²) in [7, 11) is -1.90. The van der Waals surface area contributed by atoms with Crippen molar-refractivity contribution < 1.29 is 18.3 Å². The summed E-state index contributed by atoms with van der Waals surface area (Å²) in [4.78, 5) is 16.6. The van der Waals surface area contributed by atoms with Crippen LogP contribution < -0.4 is 10.2 Å². The number of aromatic nitrogens is 2. The van der Waals surface area contributed by atoms with E-state index in [9.17, 15) is 23.6 Å². The molecule has 2 saturated heterocycles. The molecule has 1 amide bonds. The molecule has 1 saturated carbocycles. The number of nitriles is 1. The zero-order chi connectivity index (χ0) is 32.5. The normalized spacial score (nSPS) is 23.3. The van der Waals surface area contributed by atoms with Gasteiger partial charge in [0, 0.05) is 50.5 Å². The molecule has 0 bridgehead atoms. The standard InChI is InChI=1S/C35H44N6O4S/c1-34(24-41(25-34)29-11-13-30(14-12-29)46(44,45)31-20-38-39(2)21-31)23-40-17-15-28(16-18-40)35(22-36,27-8-4-3-5-9-27)32-10-6-7-26(32)19-37-33(42)43/h3-5,8-9,11-14,20-21,26,28,32,37H,6-7,10,15-19,23-25H2,1-2H3,(H,42,43)/t26-,32-,35?/m1/s1. The van der Waals surface area contributed by atoms with Crippen LogP contribution in [-0.2, 0) is 22.3 Å². The highest BCUT2D eigenvalue weighted by molar-refractivity contribution is 7.91. The molecule has 0 spiro atoms. The predicted octanol–water partition coefficient (Wildman–Crippen LogP) is 4.94. The van der Waals surface area contributed by atoms with E-state index in [0.29, 0.717) is 6.54 Å². The molecule has 6 rings (SSSR count). The molecule has 1 aliphatic carbocycles. The third-order valence-electron chi connectivity index (χ3n) is 10.7. The molecular formula is C35H44N6O4S. The Bertz CT molecular complexity index is 1670. The van der Waals surface area contributed by atoms with Crippen LogP contribution in [0, 0.1) is 34.5 Å². The summed E-state index contributed by atoms with van der Waals surface area (Å²) >= 11 is 0. The third kappa shape index (κ3) is 6.13. The summed E-state index contributed by atoms with van der Waals surface area (Å²) in [5.74, 6) is 0.476. The smallest absolute Gasteiger partial charge is 0.404 e. The van der Waals surface area contributed by atoms with Gasteiger partial charge in [-0.05, 0) is 86.4 Å². The minimum absolute atomic E-state index is 0.117. The first-order chi connectivity index (χ1) is 22.0. The lowest BCUT2D eigenvalue weighted by Gasteiger charge is -2.53. The van der Waals surface area contributed by atoms with Crippen molar-refractivity contribution in [1.82, 2.24) is 20.0 Å². The zero-order valence-corrected chi connectivity index (χ0v) is 27.5. The van der Waals surface area contributed by atoms with E-state index in [1.165, 1.54) is 17.1 Å². The van der Waals surface area contributed by atoms with E-state index in [1.54, 1.807) is 19.2 Å². The van der Waals surface area contributed by atoms with Crippen molar-refractivity contribution in [2.75, 3.05) is 44.2 Å². The van der Waals surface area contributed by atoms with Crippen molar-refractivity contribution in [3.63, 3.8) is 0 Å². The minimum Gasteiger partial charge on any atom is -0.465 e. The Morgan fingerprint density at radius 2 is 1.76 bits per heavy atom. The maximum absolute atomic E-state index is 13.0. The van der Waals surface area contributed by atoms with Crippen LogP contribution in [0.1, 0.15) is 44.6 Å².